The average Bonchev–Trinajstić information content (AvgIpc) is 2.67. The van der Waals surface area contributed by atoms with Gasteiger partial charge in [0.1, 0.15) is 0 Å². The van der Waals surface area contributed by atoms with Gasteiger partial charge < -0.3 is 15.0 Å². The number of carbonyl (C=O) groups excluding carboxylic acids is 1. The van der Waals surface area contributed by atoms with E-state index in [1.54, 1.807) is 38.1 Å². The molecule has 0 spiro atoms. The Morgan fingerprint density at radius 3 is 2.16 bits per heavy atom. The number of aryl methyl sites for hydroxylation is 1. The Balaban J connectivity index is 1.67. The third-order valence-corrected chi connectivity index (χ3v) is 7.00. The predicted molar refractivity (Wildman–Crippen MR) is 125 cm³/mol. The summed E-state index contributed by atoms with van der Waals surface area (Å²) in [5.74, 6) is -0.251. The largest absolute Gasteiger partial charge is 0.372 e. The van der Waals surface area contributed by atoms with Crippen molar-refractivity contribution in [2.75, 3.05) is 28.0 Å². The SMILES string of the molecule is Cc1cc(NC(=O)c2ccc(NS(=O)(=O)C(C)C)cc2)ccc1N1CC(C)OC(C)C1. The summed E-state index contributed by atoms with van der Waals surface area (Å²) in [5.41, 5.74) is 3.81. The molecule has 2 atom stereocenters. The number of benzene rings is 2. The molecule has 7 nitrogen and oxygen atoms in total. The van der Waals surface area contributed by atoms with Crippen molar-refractivity contribution < 1.29 is 17.9 Å². The first-order valence-corrected chi connectivity index (χ1v) is 12.0. The number of hydrogen-bond acceptors (Lipinski definition) is 5. The minimum atomic E-state index is -3.42. The normalized spacial score (nSPS) is 19.4. The summed E-state index contributed by atoms with van der Waals surface area (Å²) in [6.07, 6.45) is 0.353. The lowest BCUT2D eigenvalue weighted by molar-refractivity contribution is -0.00524. The first-order chi connectivity index (χ1) is 14.5. The molecule has 2 N–H and O–H groups in total. The number of nitrogens with zero attached hydrogens (tertiary/aromatic N) is 1. The van der Waals surface area contributed by atoms with Crippen LogP contribution in [0.4, 0.5) is 17.1 Å². The van der Waals surface area contributed by atoms with Gasteiger partial charge in [-0.2, -0.15) is 0 Å². The first-order valence-electron chi connectivity index (χ1n) is 10.5. The van der Waals surface area contributed by atoms with Crippen LogP contribution in [-0.2, 0) is 14.8 Å². The zero-order valence-corrected chi connectivity index (χ0v) is 19.5. The highest BCUT2D eigenvalue weighted by Gasteiger charge is 2.23. The van der Waals surface area contributed by atoms with Crippen LogP contribution >= 0.6 is 0 Å². The van der Waals surface area contributed by atoms with E-state index in [0.717, 1.165) is 24.3 Å². The summed E-state index contributed by atoms with van der Waals surface area (Å²) in [5, 5.41) is 2.38. The number of morpholine rings is 1. The van der Waals surface area contributed by atoms with Gasteiger partial charge in [-0.3, -0.25) is 9.52 Å². The lowest BCUT2D eigenvalue weighted by atomic mass is 10.1. The second-order valence-corrected chi connectivity index (χ2v) is 10.6. The van der Waals surface area contributed by atoms with Crippen LogP contribution in [0.25, 0.3) is 0 Å². The molecule has 3 rings (SSSR count). The van der Waals surface area contributed by atoms with Gasteiger partial charge in [0, 0.05) is 35.7 Å². The van der Waals surface area contributed by atoms with Crippen LogP contribution in [0.2, 0.25) is 0 Å². The number of nitrogens with one attached hydrogen (secondary N) is 2. The van der Waals surface area contributed by atoms with Crippen molar-refractivity contribution in [3.63, 3.8) is 0 Å². The summed E-state index contributed by atoms with van der Waals surface area (Å²) in [7, 11) is -3.42. The molecule has 1 aliphatic rings. The van der Waals surface area contributed by atoms with Gasteiger partial charge in [-0.25, -0.2) is 8.42 Å². The van der Waals surface area contributed by atoms with Gasteiger partial charge in [-0.15, -0.1) is 0 Å². The monoisotopic (exact) mass is 445 g/mol. The summed E-state index contributed by atoms with van der Waals surface area (Å²) < 4.78 is 32.3. The van der Waals surface area contributed by atoms with E-state index in [2.05, 4.69) is 28.8 Å². The van der Waals surface area contributed by atoms with E-state index < -0.39 is 15.3 Å². The molecule has 0 aromatic heterocycles. The molecule has 0 saturated carbocycles. The number of anilines is 3. The quantitative estimate of drug-likeness (QED) is 0.701. The molecule has 1 aliphatic heterocycles. The molecule has 2 unspecified atom stereocenters. The third kappa shape index (κ3) is 5.77. The zero-order valence-electron chi connectivity index (χ0n) is 18.7. The van der Waals surface area contributed by atoms with Crippen molar-refractivity contribution in [3.8, 4) is 0 Å². The van der Waals surface area contributed by atoms with Crippen molar-refractivity contribution in [1.82, 2.24) is 0 Å². The van der Waals surface area contributed by atoms with Gasteiger partial charge in [0.2, 0.25) is 10.0 Å². The van der Waals surface area contributed by atoms with Crippen molar-refractivity contribution in [2.24, 2.45) is 0 Å². The second-order valence-electron chi connectivity index (χ2n) is 8.39. The van der Waals surface area contributed by atoms with Crippen molar-refractivity contribution >= 4 is 33.0 Å². The van der Waals surface area contributed by atoms with E-state index >= 15 is 0 Å². The van der Waals surface area contributed by atoms with Crippen molar-refractivity contribution in [1.29, 1.82) is 0 Å². The smallest absolute Gasteiger partial charge is 0.255 e. The summed E-state index contributed by atoms with van der Waals surface area (Å²) >= 11 is 0. The van der Waals surface area contributed by atoms with Gasteiger partial charge >= 0.3 is 0 Å². The van der Waals surface area contributed by atoms with Crippen LogP contribution in [-0.4, -0.2) is 44.9 Å². The lowest BCUT2D eigenvalue weighted by Crippen LogP contribution is -2.45. The highest BCUT2D eigenvalue weighted by Crippen LogP contribution is 2.27. The Hall–Kier alpha value is -2.58. The highest BCUT2D eigenvalue weighted by atomic mass is 32.2. The van der Waals surface area contributed by atoms with E-state index in [4.69, 9.17) is 4.74 Å². The van der Waals surface area contributed by atoms with Gasteiger partial charge in [0.25, 0.3) is 5.91 Å². The third-order valence-electron chi connectivity index (χ3n) is 5.24. The number of hydrogen-bond donors (Lipinski definition) is 2. The molecule has 2 aromatic rings. The lowest BCUT2D eigenvalue weighted by Gasteiger charge is -2.37. The van der Waals surface area contributed by atoms with Crippen LogP contribution in [0.3, 0.4) is 0 Å². The van der Waals surface area contributed by atoms with Crippen molar-refractivity contribution in [2.45, 2.75) is 52.1 Å². The molecule has 1 saturated heterocycles. The molecular weight excluding hydrogens is 414 g/mol. The Bertz CT molecular complexity index is 1030. The Morgan fingerprint density at radius 1 is 1.03 bits per heavy atom. The van der Waals surface area contributed by atoms with Gasteiger partial charge in [0.15, 0.2) is 0 Å². The molecule has 0 radical (unpaired) electrons. The molecule has 0 aliphatic carbocycles. The van der Waals surface area contributed by atoms with E-state index in [9.17, 15) is 13.2 Å². The standard InChI is InChI=1S/C23H31N3O4S/c1-15(2)31(28,29)25-20-8-6-19(7-9-20)23(27)24-21-10-11-22(16(3)12-21)26-13-17(4)30-18(5)14-26/h6-12,15,17-18,25H,13-14H2,1-5H3,(H,24,27). The minimum Gasteiger partial charge on any atom is -0.372 e. The fourth-order valence-corrected chi connectivity index (χ4v) is 4.34. The summed E-state index contributed by atoms with van der Waals surface area (Å²) in [4.78, 5) is 14.9. The first kappa shape index (κ1) is 23.1. The van der Waals surface area contributed by atoms with E-state index in [1.807, 2.05) is 25.1 Å². The minimum absolute atomic E-state index is 0.176. The fraction of sp³-hybridized carbons (Fsp3) is 0.435. The molecule has 2 aromatic carbocycles. The Morgan fingerprint density at radius 2 is 1.61 bits per heavy atom. The number of amides is 1. The van der Waals surface area contributed by atoms with Gasteiger partial charge in [-0.05, 0) is 82.6 Å². The van der Waals surface area contributed by atoms with E-state index in [0.29, 0.717) is 16.9 Å². The molecule has 31 heavy (non-hydrogen) atoms. The molecule has 1 amide bonds. The zero-order chi connectivity index (χ0) is 22.8. The summed E-state index contributed by atoms with van der Waals surface area (Å²) in [6, 6.07) is 12.3. The maximum absolute atomic E-state index is 12.6. The predicted octanol–water partition coefficient (Wildman–Crippen LogP) is 4.01. The van der Waals surface area contributed by atoms with Crippen LogP contribution in [0, 0.1) is 6.92 Å². The van der Waals surface area contributed by atoms with E-state index in [1.165, 1.54) is 0 Å². The van der Waals surface area contributed by atoms with Crippen LogP contribution in [0.15, 0.2) is 42.5 Å². The fourth-order valence-electron chi connectivity index (χ4n) is 3.64. The molecule has 1 fully saturated rings. The molecule has 168 valence electrons. The average molecular weight is 446 g/mol. The van der Waals surface area contributed by atoms with Crippen molar-refractivity contribution in [3.05, 3.63) is 53.6 Å². The van der Waals surface area contributed by atoms with E-state index in [-0.39, 0.29) is 18.1 Å². The van der Waals surface area contributed by atoms with Crippen LogP contribution < -0.4 is 14.9 Å². The topological polar surface area (TPSA) is 87.7 Å². The van der Waals surface area contributed by atoms with Crippen LogP contribution in [0.1, 0.15) is 43.6 Å². The maximum atomic E-state index is 12.6. The number of rotatable bonds is 6. The van der Waals surface area contributed by atoms with Crippen LogP contribution in [0.5, 0.6) is 0 Å². The maximum Gasteiger partial charge on any atom is 0.255 e. The Kier molecular flexibility index (Phi) is 6.91. The number of sulfonamides is 1. The molecule has 0 bridgehead atoms. The number of ether oxygens (including phenoxy) is 1. The summed E-state index contributed by atoms with van der Waals surface area (Å²) in [6.45, 7) is 11.1. The molecular formula is C23H31N3O4S. The molecule has 1 heterocycles. The Labute approximate surface area is 184 Å². The number of carbonyl (C=O) groups is 1. The highest BCUT2D eigenvalue weighted by molar-refractivity contribution is 7.93. The van der Waals surface area contributed by atoms with Gasteiger partial charge in [-0.1, -0.05) is 0 Å². The van der Waals surface area contributed by atoms with Gasteiger partial charge in [0.05, 0.1) is 17.5 Å². The molecule has 8 heteroatoms. The second kappa shape index (κ2) is 9.28.